The SMILES string of the molecule is O=C(NCc1cccc(OC(F)(F)F)c1)c1ccc2c(c1)NC(=O)c1cccn1S2. The van der Waals surface area contributed by atoms with E-state index in [1.165, 1.54) is 30.1 Å². The molecule has 3 aromatic rings. The molecule has 0 spiro atoms. The molecule has 1 aliphatic rings. The Kier molecular flexibility index (Phi) is 5.17. The van der Waals surface area contributed by atoms with Crippen molar-refractivity contribution >= 4 is 29.4 Å². The van der Waals surface area contributed by atoms with Crippen molar-refractivity contribution in [2.75, 3.05) is 5.32 Å². The largest absolute Gasteiger partial charge is 0.573 e. The summed E-state index contributed by atoms with van der Waals surface area (Å²) in [4.78, 5) is 25.6. The number of carbonyl (C=O) groups is 2. The van der Waals surface area contributed by atoms with Gasteiger partial charge in [0.2, 0.25) is 0 Å². The number of aromatic nitrogens is 1. The molecule has 0 unspecified atom stereocenters. The van der Waals surface area contributed by atoms with Crippen molar-refractivity contribution in [2.24, 2.45) is 0 Å². The molecule has 30 heavy (non-hydrogen) atoms. The second kappa shape index (κ2) is 7.79. The van der Waals surface area contributed by atoms with Gasteiger partial charge in [0.25, 0.3) is 11.8 Å². The van der Waals surface area contributed by atoms with Gasteiger partial charge < -0.3 is 15.4 Å². The quantitative estimate of drug-likeness (QED) is 0.638. The van der Waals surface area contributed by atoms with Gasteiger partial charge in [0.1, 0.15) is 11.4 Å². The summed E-state index contributed by atoms with van der Waals surface area (Å²) in [6.07, 6.45) is -3.01. The molecule has 154 valence electrons. The number of hydrogen-bond donors (Lipinski definition) is 2. The predicted octanol–water partition coefficient (Wildman–Crippen LogP) is 4.44. The molecular weight excluding hydrogens is 419 g/mol. The zero-order valence-electron chi connectivity index (χ0n) is 15.2. The third-order valence-electron chi connectivity index (χ3n) is 4.22. The van der Waals surface area contributed by atoms with Gasteiger partial charge in [-0.3, -0.25) is 13.6 Å². The summed E-state index contributed by atoms with van der Waals surface area (Å²) in [5, 5.41) is 5.43. The Morgan fingerprint density at radius 3 is 2.77 bits per heavy atom. The standard InChI is InChI=1S/C20H14F3N3O3S/c21-20(22,23)29-14-4-1-3-12(9-14)11-24-18(27)13-6-7-17-15(10-13)25-19(28)16-5-2-8-26(16)30-17/h1-10H,11H2,(H,24,27)(H,25,28). The first-order valence-electron chi connectivity index (χ1n) is 8.72. The zero-order valence-corrected chi connectivity index (χ0v) is 16.0. The summed E-state index contributed by atoms with van der Waals surface area (Å²) in [5.74, 6) is -1.07. The highest BCUT2D eigenvalue weighted by Crippen LogP contribution is 2.34. The lowest BCUT2D eigenvalue weighted by atomic mass is 10.1. The van der Waals surface area contributed by atoms with Crippen LogP contribution in [0.5, 0.6) is 5.75 Å². The maximum Gasteiger partial charge on any atom is 0.573 e. The highest BCUT2D eigenvalue weighted by molar-refractivity contribution is 7.98. The van der Waals surface area contributed by atoms with Gasteiger partial charge in [-0.15, -0.1) is 13.2 Å². The number of nitrogens with one attached hydrogen (secondary N) is 2. The lowest BCUT2D eigenvalue weighted by Crippen LogP contribution is -2.23. The van der Waals surface area contributed by atoms with E-state index in [-0.39, 0.29) is 18.2 Å². The third-order valence-corrected chi connectivity index (χ3v) is 5.29. The van der Waals surface area contributed by atoms with Crippen LogP contribution in [0.15, 0.2) is 65.7 Å². The van der Waals surface area contributed by atoms with Crippen LogP contribution in [0.4, 0.5) is 18.9 Å². The summed E-state index contributed by atoms with van der Waals surface area (Å²) in [6.45, 7) is 0.0115. The van der Waals surface area contributed by atoms with Crippen LogP contribution in [0.2, 0.25) is 0 Å². The van der Waals surface area contributed by atoms with Crippen LogP contribution in [0.3, 0.4) is 0 Å². The van der Waals surface area contributed by atoms with Gasteiger partial charge in [-0.05, 0) is 60.0 Å². The molecule has 0 atom stereocenters. The Bertz CT molecular complexity index is 1130. The van der Waals surface area contributed by atoms with E-state index in [9.17, 15) is 22.8 Å². The molecule has 1 aliphatic heterocycles. The minimum Gasteiger partial charge on any atom is -0.406 e. The smallest absolute Gasteiger partial charge is 0.406 e. The van der Waals surface area contributed by atoms with Crippen LogP contribution in [0, 0.1) is 0 Å². The second-order valence-corrected chi connectivity index (χ2v) is 7.37. The number of amides is 2. The molecule has 2 N–H and O–H groups in total. The molecule has 2 aromatic carbocycles. The molecule has 2 heterocycles. The van der Waals surface area contributed by atoms with Gasteiger partial charge >= 0.3 is 6.36 Å². The highest BCUT2D eigenvalue weighted by Gasteiger charge is 2.31. The molecule has 1 aromatic heterocycles. The molecule has 0 saturated heterocycles. The minimum atomic E-state index is -4.78. The molecule has 0 saturated carbocycles. The number of fused-ring (bicyclic) bond motifs is 2. The summed E-state index contributed by atoms with van der Waals surface area (Å²) >= 11 is 1.35. The second-order valence-electron chi connectivity index (χ2n) is 6.35. The first-order chi connectivity index (χ1) is 14.3. The Morgan fingerprint density at radius 1 is 1.13 bits per heavy atom. The Labute approximate surface area is 173 Å². The number of halogens is 3. The average Bonchev–Trinajstić information content (AvgIpc) is 3.10. The van der Waals surface area contributed by atoms with E-state index in [0.717, 1.165) is 4.90 Å². The number of hydrogen-bond acceptors (Lipinski definition) is 4. The molecule has 0 fully saturated rings. The topological polar surface area (TPSA) is 72.4 Å². The average molecular weight is 433 g/mol. The first kappa shape index (κ1) is 19.9. The Hall–Kier alpha value is -3.40. The molecule has 6 nitrogen and oxygen atoms in total. The van der Waals surface area contributed by atoms with Crippen LogP contribution in [0.1, 0.15) is 26.4 Å². The summed E-state index contributed by atoms with van der Waals surface area (Å²) in [7, 11) is 0. The fraction of sp³-hybridized carbons (Fsp3) is 0.100. The van der Waals surface area contributed by atoms with Crippen molar-refractivity contribution in [3.05, 3.63) is 77.6 Å². The fourth-order valence-corrected chi connectivity index (χ4v) is 3.82. The predicted molar refractivity (Wildman–Crippen MR) is 104 cm³/mol. The van der Waals surface area contributed by atoms with Gasteiger partial charge in [-0.1, -0.05) is 12.1 Å². The van der Waals surface area contributed by atoms with Gasteiger partial charge in [0.15, 0.2) is 0 Å². The van der Waals surface area contributed by atoms with Crippen molar-refractivity contribution in [3.63, 3.8) is 0 Å². The van der Waals surface area contributed by atoms with Crippen LogP contribution in [0.25, 0.3) is 0 Å². The first-order valence-corrected chi connectivity index (χ1v) is 9.50. The molecule has 0 radical (unpaired) electrons. The van der Waals surface area contributed by atoms with Gasteiger partial charge in [-0.25, -0.2) is 0 Å². The summed E-state index contributed by atoms with van der Waals surface area (Å²) in [6, 6.07) is 13.7. The molecule has 0 aliphatic carbocycles. The highest BCUT2D eigenvalue weighted by atomic mass is 32.2. The summed E-state index contributed by atoms with van der Waals surface area (Å²) in [5.41, 5.74) is 1.75. The van der Waals surface area contributed by atoms with E-state index in [1.807, 2.05) is 0 Å². The zero-order chi connectivity index (χ0) is 21.3. The Balaban J connectivity index is 1.45. The Morgan fingerprint density at radius 2 is 1.97 bits per heavy atom. The van der Waals surface area contributed by atoms with E-state index in [1.54, 1.807) is 46.6 Å². The minimum absolute atomic E-state index is 0.0115. The van der Waals surface area contributed by atoms with Crippen molar-refractivity contribution in [1.29, 1.82) is 0 Å². The van der Waals surface area contributed by atoms with Gasteiger partial charge in [-0.2, -0.15) is 0 Å². The van der Waals surface area contributed by atoms with Gasteiger partial charge in [0, 0.05) is 18.3 Å². The maximum absolute atomic E-state index is 12.5. The molecule has 2 amide bonds. The number of alkyl halides is 3. The van der Waals surface area contributed by atoms with Crippen LogP contribution >= 0.6 is 11.9 Å². The maximum atomic E-state index is 12.5. The number of ether oxygens (including phenoxy) is 1. The number of nitrogens with zero attached hydrogens (tertiary/aromatic N) is 1. The van der Waals surface area contributed by atoms with Crippen molar-refractivity contribution in [3.8, 4) is 5.75 Å². The lowest BCUT2D eigenvalue weighted by Gasteiger charge is -2.11. The lowest BCUT2D eigenvalue weighted by molar-refractivity contribution is -0.274. The van der Waals surface area contributed by atoms with Crippen LogP contribution in [-0.2, 0) is 6.54 Å². The van der Waals surface area contributed by atoms with E-state index < -0.39 is 12.3 Å². The number of carbonyl (C=O) groups excluding carboxylic acids is 2. The van der Waals surface area contributed by atoms with Crippen molar-refractivity contribution in [2.45, 2.75) is 17.8 Å². The monoisotopic (exact) mass is 433 g/mol. The molecular formula is C20H14F3N3O3S. The van der Waals surface area contributed by atoms with E-state index >= 15 is 0 Å². The molecule has 0 bridgehead atoms. The number of benzene rings is 2. The van der Waals surface area contributed by atoms with E-state index in [2.05, 4.69) is 15.4 Å². The van der Waals surface area contributed by atoms with Crippen molar-refractivity contribution < 1.29 is 27.5 Å². The third kappa shape index (κ3) is 4.43. The van der Waals surface area contributed by atoms with Crippen molar-refractivity contribution in [1.82, 2.24) is 9.29 Å². The summed E-state index contributed by atoms with van der Waals surface area (Å²) < 4.78 is 42.6. The van der Waals surface area contributed by atoms with Crippen LogP contribution < -0.4 is 15.4 Å². The molecule has 10 heteroatoms. The normalized spacial score (nSPS) is 13.0. The van der Waals surface area contributed by atoms with E-state index in [4.69, 9.17) is 0 Å². The number of anilines is 1. The molecule has 4 rings (SSSR count). The number of rotatable bonds is 4. The fourth-order valence-electron chi connectivity index (χ4n) is 2.90. The van der Waals surface area contributed by atoms with Crippen LogP contribution in [-0.4, -0.2) is 22.1 Å². The van der Waals surface area contributed by atoms with Gasteiger partial charge in [0.05, 0.1) is 10.6 Å². The van der Waals surface area contributed by atoms with E-state index in [0.29, 0.717) is 22.5 Å².